The van der Waals surface area contributed by atoms with Gasteiger partial charge in [0.05, 0.1) is 0 Å². The first kappa shape index (κ1) is 7.15. The van der Waals surface area contributed by atoms with Crippen LogP contribution in [0.4, 0.5) is 0 Å². The van der Waals surface area contributed by atoms with Gasteiger partial charge < -0.3 is 9.62 Å². The molecule has 1 aromatic rings. The van der Waals surface area contributed by atoms with E-state index in [0.717, 1.165) is 5.76 Å². The van der Waals surface area contributed by atoms with E-state index < -0.39 is 0 Å². The Balaban J connectivity index is 2.95. The van der Waals surface area contributed by atoms with Crippen molar-refractivity contribution in [3.05, 3.63) is 23.7 Å². The van der Waals surface area contributed by atoms with Crippen molar-refractivity contribution in [1.82, 2.24) is 0 Å². The summed E-state index contributed by atoms with van der Waals surface area (Å²) >= 11 is 5.41. The van der Waals surface area contributed by atoms with Crippen molar-refractivity contribution >= 4 is 16.8 Å². The first-order valence-electron chi connectivity index (χ1n) is 2.68. The Morgan fingerprint density at radius 3 is 2.80 bits per heavy atom. The molecule has 0 saturated carbocycles. The van der Waals surface area contributed by atoms with Crippen LogP contribution in [-0.4, -0.2) is 10.4 Å². The molecule has 1 N–H and O–H groups in total. The van der Waals surface area contributed by atoms with E-state index >= 15 is 0 Å². The predicted octanol–water partition coefficient (Wildman–Crippen LogP) is 1.96. The van der Waals surface area contributed by atoms with Crippen molar-refractivity contribution < 1.29 is 9.62 Å². The van der Waals surface area contributed by atoms with Crippen LogP contribution in [0.25, 0.3) is 0 Å². The SMILES string of the molecule is Cc1ccc(C(Cl)=NO)o1. The molecule has 1 rings (SSSR count). The van der Waals surface area contributed by atoms with Gasteiger partial charge in [0.15, 0.2) is 5.76 Å². The summed E-state index contributed by atoms with van der Waals surface area (Å²) in [6.07, 6.45) is 0. The van der Waals surface area contributed by atoms with Crippen LogP contribution in [0.5, 0.6) is 0 Å². The Bertz CT molecular complexity index is 254. The van der Waals surface area contributed by atoms with Crippen LogP contribution in [0, 0.1) is 6.92 Å². The van der Waals surface area contributed by atoms with Gasteiger partial charge in [-0.3, -0.25) is 0 Å². The highest BCUT2D eigenvalue weighted by Crippen LogP contribution is 2.09. The van der Waals surface area contributed by atoms with Gasteiger partial charge in [-0.15, -0.1) is 0 Å². The van der Waals surface area contributed by atoms with Crippen molar-refractivity contribution in [1.29, 1.82) is 0 Å². The van der Waals surface area contributed by atoms with Crippen LogP contribution in [0.3, 0.4) is 0 Å². The van der Waals surface area contributed by atoms with Gasteiger partial charge in [-0.1, -0.05) is 16.8 Å². The third kappa shape index (κ3) is 1.30. The lowest BCUT2D eigenvalue weighted by atomic mass is 10.4. The summed E-state index contributed by atoms with van der Waals surface area (Å²) in [5.41, 5.74) is 0. The fourth-order valence-corrected chi connectivity index (χ4v) is 0.696. The molecular weight excluding hydrogens is 154 g/mol. The lowest BCUT2D eigenvalue weighted by Gasteiger charge is -1.86. The summed E-state index contributed by atoms with van der Waals surface area (Å²) in [6, 6.07) is 3.38. The van der Waals surface area contributed by atoms with Crippen LogP contribution >= 0.6 is 11.6 Å². The van der Waals surface area contributed by atoms with Crippen molar-refractivity contribution in [2.75, 3.05) is 0 Å². The summed E-state index contributed by atoms with van der Waals surface area (Å²) in [5.74, 6) is 1.11. The minimum Gasteiger partial charge on any atom is -0.459 e. The summed E-state index contributed by atoms with van der Waals surface area (Å²) in [7, 11) is 0. The molecule has 0 atom stereocenters. The van der Waals surface area contributed by atoms with E-state index in [-0.39, 0.29) is 5.17 Å². The second-order valence-corrected chi connectivity index (χ2v) is 2.16. The molecule has 0 aromatic carbocycles. The van der Waals surface area contributed by atoms with Crippen molar-refractivity contribution in [3.63, 3.8) is 0 Å². The molecule has 10 heavy (non-hydrogen) atoms. The maximum Gasteiger partial charge on any atom is 0.210 e. The number of hydrogen-bond acceptors (Lipinski definition) is 3. The Labute approximate surface area is 62.9 Å². The van der Waals surface area contributed by atoms with Gasteiger partial charge in [-0.05, 0) is 19.1 Å². The van der Waals surface area contributed by atoms with E-state index in [1.807, 2.05) is 0 Å². The van der Waals surface area contributed by atoms with E-state index in [2.05, 4.69) is 5.16 Å². The van der Waals surface area contributed by atoms with E-state index in [1.165, 1.54) is 0 Å². The molecule has 1 heterocycles. The van der Waals surface area contributed by atoms with Crippen LogP contribution in [0.1, 0.15) is 11.5 Å². The van der Waals surface area contributed by atoms with Gasteiger partial charge in [0.25, 0.3) is 0 Å². The zero-order chi connectivity index (χ0) is 7.56. The zero-order valence-corrected chi connectivity index (χ0v) is 6.09. The summed E-state index contributed by atoms with van der Waals surface area (Å²) < 4.78 is 5.01. The number of furan rings is 1. The Morgan fingerprint density at radius 2 is 2.40 bits per heavy atom. The summed E-state index contributed by atoms with van der Waals surface area (Å²) in [5, 5.41) is 10.9. The van der Waals surface area contributed by atoms with Gasteiger partial charge >= 0.3 is 0 Å². The largest absolute Gasteiger partial charge is 0.459 e. The molecule has 0 aliphatic rings. The molecule has 4 heteroatoms. The highest BCUT2D eigenvalue weighted by molar-refractivity contribution is 6.69. The molecule has 0 spiro atoms. The Morgan fingerprint density at radius 1 is 1.70 bits per heavy atom. The first-order valence-corrected chi connectivity index (χ1v) is 3.06. The second-order valence-electron chi connectivity index (χ2n) is 1.80. The maximum absolute atomic E-state index is 8.19. The standard InChI is InChI=1S/C6H6ClNO2/c1-4-2-3-5(10-4)6(7)8-9/h2-3,9H,1H3. The Hall–Kier alpha value is -0.960. The third-order valence-electron chi connectivity index (χ3n) is 1.03. The van der Waals surface area contributed by atoms with E-state index in [4.69, 9.17) is 21.2 Å². The molecule has 1 aromatic heterocycles. The zero-order valence-electron chi connectivity index (χ0n) is 5.34. The molecule has 0 saturated heterocycles. The van der Waals surface area contributed by atoms with Gasteiger partial charge in [0.2, 0.25) is 5.17 Å². The normalized spacial score (nSPS) is 12.0. The number of hydrogen-bond donors (Lipinski definition) is 1. The van der Waals surface area contributed by atoms with Crippen LogP contribution < -0.4 is 0 Å². The Kier molecular flexibility index (Phi) is 1.97. The number of oxime groups is 1. The van der Waals surface area contributed by atoms with Crippen molar-refractivity contribution in [3.8, 4) is 0 Å². The topological polar surface area (TPSA) is 45.7 Å². The van der Waals surface area contributed by atoms with Crippen molar-refractivity contribution in [2.45, 2.75) is 6.92 Å². The van der Waals surface area contributed by atoms with Gasteiger partial charge in [-0.2, -0.15) is 0 Å². The molecule has 3 nitrogen and oxygen atoms in total. The monoisotopic (exact) mass is 159 g/mol. The van der Waals surface area contributed by atoms with Crippen LogP contribution in [0.15, 0.2) is 21.7 Å². The van der Waals surface area contributed by atoms with E-state index in [1.54, 1.807) is 19.1 Å². The second kappa shape index (κ2) is 2.75. The minimum atomic E-state index is -0.0342. The first-order chi connectivity index (χ1) is 4.74. The number of nitrogens with zero attached hydrogens (tertiary/aromatic N) is 1. The molecule has 0 aliphatic carbocycles. The van der Waals surface area contributed by atoms with E-state index in [9.17, 15) is 0 Å². The molecule has 0 radical (unpaired) electrons. The minimum absolute atomic E-state index is 0.0342. The van der Waals surface area contributed by atoms with Crippen LogP contribution in [-0.2, 0) is 0 Å². The maximum atomic E-state index is 8.19. The molecule has 0 amide bonds. The summed E-state index contributed by atoms with van der Waals surface area (Å²) in [6.45, 7) is 1.78. The number of rotatable bonds is 1. The summed E-state index contributed by atoms with van der Waals surface area (Å²) in [4.78, 5) is 0. The highest BCUT2D eigenvalue weighted by Gasteiger charge is 2.03. The molecular formula is C6H6ClNO2. The van der Waals surface area contributed by atoms with Crippen LogP contribution in [0.2, 0.25) is 0 Å². The van der Waals surface area contributed by atoms with Gasteiger partial charge in [0.1, 0.15) is 5.76 Å². The lowest BCUT2D eigenvalue weighted by molar-refractivity contribution is 0.319. The third-order valence-corrected chi connectivity index (χ3v) is 1.29. The fourth-order valence-electron chi connectivity index (χ4n) is 0.595. The smallest absolute Gasteiger partial charge is 0.210 e. The van der Waals surface area contributed by atoms with Gasteiger partial charge in [-0.25, -0.2) is 0 Å². The highest BCUT2D eigenvalue weighted by atomic mass is 35.5. The molecule has 54 valence electrons. The number of halogens is 1. The quantitative estimate of drug-likeness (QED) is 0.387. The fraction of sp³-hybridized carbons (Fsp3) is 0.167. The molecule has 0 fully saturated rings. The average Bonchev–Trinajstić information content (AvgIpc) is 2.34. The lowest BCUT2D eigenvalue weighted by Crippen LogP contribution is -1.85. The molecule has 0 unspecified atom stereocenters. The average molecular weight is 160 g/mol. The number of aryl methyl sites for hydroxylation is 1. The predicted molar refractivity (Wildman–Crippen MR) is 37.6 cm³/mol. The van der Waals surface area contributed by atoms with E-state index in [0.29, 0.717) is 5.76 Å². The van der Waals surface area contributed by atoms with Crippen molar-refractivity contribution in [2.24, 2.45) is 5.16 Å². The van der Waals surface area contributed by atoms with Gasteiger partial charge in [0, 0.05) is 0 Å². The molecule has 0 bridgehead atoms. The molecule has 0 aliphatic heterocycles.